The summed E-state index contributed by atoms with van der Waals surface area (Å²) in [4.78, 5) is 2.32. The van der Waals surface area contributed by atoms with Crippen molar-refractivity contribution in [2.75, 3.05) is 24.5 Å². The van der Waals surface area contributed by atoms with E-state index in [1.54, 1.807) is 0 Å². The number of anilines is 1. The van der Waals surface area contributed by atoms with Gasteiger partial charge in [0.1, 0.15) is 0 Å². The lowest BCUT2D eigenvalue weighted by Crippen LogP contribution is -2.46. The molecule has 0 spiro atoms. The number of aliphatic hydroxyl groups is 1. The third kappa shape index (κ3) is 4.97. The zero-order chi connectivity index (χ0) is 15.5. The Morgan fingerprint density at radius 2 is 2.19 bits per heavy atom. The second-order valence-electron chi connectivity index (χ2n) is 6.82. The second-order valence-corrected chi connectivity index (χ2v) is 7.74. The molecular weight excluding hydrogens is 328 g/mol. The predicted molar refractivity (Wildman–Crippen MR) is 92.8 cm³/mol. The third-order valence-corrected chi connectivity index (χ3v) is 4.42. The molecule has 1 fully saturated rings. The van der Waals surface area contributed by atoms with Crippen molar-refractivity contribution in [3.05, 3.63) is 28.2 Å². The van der Waals surface area contributed by atoms with Gasteiger partial charge in [-0.2, -0.15) is 0 Å². The van der Waals surface area contributed by atoms with Gasteiger partial charge in [0, 0.05) is 29.8 Å². The smallest absolute Gasteiger partial charge is 0.0794 e. The molecule has 1 aliphatic rings. The van der Waals surface area contributed by atoms with Gasteiger partial charge in [0.05, 0.1) is 5.60 Å². The first-order valence-corrected chi connectivity index (χ1v) is 8.63. The van der Waals surface area contributed by atoms with Gasteiger partial charge in [-0.1, -0.05) is 29.8 Å². The van der Waals surface area contributed by atoms with E-state index >= 15 is 0 Å². The minimum atomic E-state index is -0.575. The highest BCUT2D eigenvalue weighted by Crippen LogP contribution is 2.30. The van der Waals surface area contributed by atoms with Gasteiger partial charge < -0.3 is 15.3 Å². The highest BCUT2D eigenvalue weighted by Gasteiger charge is 2.29. The van der Waals surface area contributed by atoms with Crippen LogP contribution in [-0.4, -0.2) is 30.3 Å². The first kappa shape index (κ1) is 16.8. The van der Waals surface area contributed by atoms with Crippen molar-refractivity contribution >= 4 is 21.6 Å². The molecule has 2 N–H and O–H groups in total. The molecule has 1 unspecified atom stereocenters. The average molecular weight is 355 g/mol. The molecule has 4 heteroatoms. The van der Waals surface area contributed by atoms with E-state index < -0.39 is 5.60 Å². The molecule has 0 amide bonds. The lowest BCUT2D eigenvalue weighted by Gasteiger charge is -2.39. The number of hydrogen-bond acceptors (Lipinski definition) is 3. The van der Waals surface area contributed by atoms with Gasteiger partial charge in [0.2, 0.25) is 0 Å². The molecule has 0 aromatic heterocycles. The summed E-state index contributed by atoms with van der Waals surface area (Å²) in [6, 6.07) is 6.44. The molecular formula is C17H27BrN2O. The minimum absolute atomic E-state index is 0.575. The summed E-state index contributed by atoms with van der Waals surface area (Å²) in [5.41, 5.74) is 1.96. The summed E-state index contributed by atoms with van der Waals surface area (Å²) in [6.45, 7) is 10.00. The molecule has 3 nitrogen and oxygen atoms in total. The van der Waals surface area contributed by atoms with Crippen LogP contribution in [0.25, 0.3) is 0 Å². The van der Waals surface area contributed by atoms with Gasteiger partial charge in [0.15, 0.2) is 0 Å². The van der Waals surface area contributed by atoms with Crippen molar-refractivity contribution in [1.29, 1.82) is 0 Å². The molecule has 0 radical (unpaired) electrons. The van der Waals surface area contributed by atoms with E-state index in [9.17, 15) is 5.11 Å². The summed E-state index contributed by atoms with van der Waals surface area (Å²) >= 11 is 3.57. The van der Waals surface area contributed by atoms with Crippen molar-refractivity contribution in [3.8, 4) is 0 Å². The fourth-order valence-corrected chi connectivity index (χ4v) is 3.33. The normalized spacial score (nSPS) is 22.9. The lowest BCUT2D eigenvalue weighted by atomic mass is 9.94. The number of hydrogen-bond donors (Lipinski definition) is 2. The summed E-state index contributed by atoms with van der Waals surface area (Å²) in [6.07, 6.45) is 1.93. The van der Waals surface area contributed by atoms with E-state index in [-0.39, 0.29) is 0 Å². The van der Waals surface area contributed by atoms with Gasteiger partial charge in [-0.3, -0.25) is 0 Å². The fraction of sp³-hybridized carbons (Fsp3) is 0.647. The van der Waals surface area contributed by atoms with Crippen LogP contribution in [0, 0.1) is 5.92 Å². The fourth-order valence-electron chi connectivity index (χ4n) is 2.93. The topological polar surface area (TPSA) is 35.5 Å². The zero-order valence-electron chi connectivity index (χ0n) is 13.3. The van der Waals surface area contributed by atoms with Gasteiger partial charge in [0.25, 0.3) is 0 Å². The maximum Gasteiger partial charge on any atom is 0.0794 e. The highest BCUT2D eigenvalue weighted by molar-refractivity contribution is 9.10. The van der Waals surface area contributed by atoms with Crippen molar-refractivity contribution in [3.63, 3.8) is 0 Å². The predicted octanol–water partition coefficient (Wildman–Crippen LogP) is 3.55. The van der Waals surface area contributed by atoms with Crippen LogP contribution in [0.2, 0.25) is 0 Å². The molecule has 0 bridgehead atoms. The molecule has 2 rings (SSSR count). The Labute approximate surface area is 136 Å². The van der Waals surface area contributed by atoms with Gasteiger partial charge in [-0.15, -0.1) is 0 Å². The first-order chi connectivity index (χ1) is 9.87. The number of benzene rings is 1. The number of piperidine rings is 1. The summed E-state index contributed by atoms with van der Waals surface area (Å²) in [7, 11) is 0. The summed E-state index contributed by atoms with van der Waals surface area (Å²) in [5, 5.41) is 13.9. The number of halogens is 1. The van der Waals surface area contributed by atoms with Crippen molar-refractivity contribution in [1.82, 2.24) is 5.32 Å². The standard InChI is InChI=1S/C17H27BrN2O/c1-13(2)10-19-11-14-9-15(18)5-6-16(14)20-8-4-7-17(3,21)12-20/h5-6,9,13,19,21H,4,7-8,10-12H2,1-3H3. The van der Waals surface area contributed by atoms with Crippen LogP contribution in [-0.2, 0) is 6.54 Å². The van der Waals surface area contributed by atoms with E-state index in [1.807, 2.05) is 6.92 Å². The average Bonchev–Trinajstić information content (AvgIpc) is 2.37. The molecule has 1 aliphatic heterocycles. The van der Waals surface area contributed by atoms with Crippen LogP contribution in [0.15, 0.2) is 22.7 Å². The van der Waals surface area contributed by atoms with E-state index in [2.05, 4.69) is 58.2 Å². The van der Waals surface area contributed by atoms with Gasteiger partial charge in [-0.25, -0.2) is 0 Å². The number of rotatable bonds is 5. The van der Waals surface area contributed by atoms with Crippen LogP contribution in [0.1, 0.15) is 39.2 Å². The van der Waals surface area contributed by atoms with Crippen molar-refractivity contribution in [2.24, 2.45) is 5.92 Å². The molecule has 1 heterocycles. The molecule has 21 heavy (non-hydrogen) atoms. The van der Waals surface area contributed by atoms with E-state index in [0.717, 1.165) is 36.9 Å². The summed E-state index contributed by atoms with van der Waals surface area (Å²) in [5.74, 6) is 0.649. The Hall–Kier alpha value is -0.580. The van der Waals surface area contributed by atoms with Crippen LogP contribution in [0.5, 0.6) is 0 Å². The van der Waals surface area contributed by atoms with Crippen LogP contribution < -0.4 is 10.2 Å². The monoisotopic (exact) mass is 354 g/mol. The van der Waals surface area contributed by atoms with Gasteiger partial charge >= 0.3 is 0 Å². The highest BCUT2D eigenvalue weighted by atomic mass is 79.9. The van der Waals surface area contributed by atoms with Crippen LogP contribution in [0.4, 0.5) is 5.69 Å². The Morgan fingerprint density at radius 1 is 1.43 bits per heavy atom. The Kier molecular flexibility index (Phi) is 5.69. The molecule has 0 saturated carbocycles. The molecule has 1 aromatic rings. The van der Waals surface area contributed by atoms with Crippen LogP contribution >= 0.6 is 15.9 Å². The van der Waals surface area contributed by atoms with Crippen molar-refractivity contribution < 1.29 is 5.11 Å². The quantitative estimate of drug-likeness (QED) is 0.848. The number of β-amino-alcohol motifs (C(OH)–C–C–N with tert-alkyl or cyclic N) is 1. The number of nitrogens with one attached hydrogen (secondary N) is 1. The third-order valence-electron chi connectivity index (χ3n) is 3.93. The summed E-state index contributed by atoms with van der Waals surface area (Å²) < 4.78 is 1.11. The van der Waals surface area contributed by atoms with Crippen molar-refractivity contribution in [2.45, 2.75) is 45.8 Å². The second kappa shape index (κ2) is 7.12. The largest absolute Gasteiger partial charge is 0.388 e. The zero-order valence-corrected chi connectivity index (χ0v) is 14.9. The van der Waals surface area contributed by atoms with E-state index in [4.69, 9.17) is 0 Å². The Morgan fingerprint density at radius 3 is 2.86 bits per heavy atom. The van der Waals surface area contributed by atoms with Gasteiger partial charge in [-0.05, 0) is 56.0 Å². The number of nitrogens with zero attached hydrogens (tertiary/aromatic N) is 1. The molecule has 118 valence electrons. The maximum absolute atomic E-state index is 10.3. The molecule has 1 atom stereocenters. The molecule has 1 aromatic carbocycles. The molecule has 1 saturated heterocycles. The first-order valence-electron chi connectivity index (χ1n) is 7.84. The lowest BCUT2D eigenvalue weighted by molar-refractivity contribution is 0.0449. The maximum atomic E-state index is 10.3. The van der Waals surface area contributed by atoms with Crippen LogP contribution in [0.3, 0.4) is 0 Å². The molecule has 0 aliphatic carbocycles. The van der Waals surface area contributed by atoms with E-state index in [0.29, 0.717) is 12.5 Å². The van der Waals surface area contributed by atoms with E-state index in [1.165, 1.54) is 11.3 Å². The Balaban J connectivity index is 2.14. The SMILES string of the molecule is CC(C)CNCc1cc(Br)ccc1N1CCCC(C)(O)C1. The minimum Gasteiger partial charge on any atom is -0.388 e. The Bertz CT molecular complexity index is 474.